The summed E-state index contributed by atoms with van der Waals surface area (Å²) in [5.74, 6) is -0.0151. The zero-order valence-corrected chi connectivity index (χ0v) is 21.5. The van der Waals surface area contributed by atoms with Crippen LogP contribution in [0.4, 0.5) is 35.3 Å². The highest BCUT2D eigenvalue weighted by Gasteiger charge is 2.36. The molecule has 1 saturated heterocycles. The third-order valence-electron chi connectivity index (χ3n) is 5.65. The number of carbonyl (C=O) groups is 1. The standard InChI is InChI=1S/C24H31ClF3N5O2/c1-7-16-10-17(32-12-14(2)33(15(3)13-32)22(34)35-23(4,5)6)8-9-19(16)30-21-29-11-18(20(25)31-21)24(26,27)28/h8-11,14-15H,7,12-13H2,1-6H3,(H,29,30,31)/t14-,15+. The maximum Gasteiger partial charge on any atom is 0.420 e. The fraction of sp³-hybridized carbons (Fsp3) is 0.542. The van der Waals surface area contributed by atoms with Crippen LogP contribution in [-0.4, -0.2) is 51.7 Å². The predicted octanol–water partition coefficient (Wildman–Crippen LogP) is 6.29. The van der Waals surface area contributed by atoms with E-state index in [0.717, 1.165) is 11.3 Å². The van der Waals surface area contributed by atoms with E-state index in [0.29, 0.717) is 31.4 Å². The number of nitrogens with zero attached hydrogens (tertiary/aromatic N) is 4. The normalized spacial score (nSPS) is 19.0. The maximum atomic E-state index is 12.9. The second-order valence-electron chi connectivity index (χ2n) is 9.71. The number of benzene rings is 1. The van der Waals surface area contributed by atoms with E-state index in [1.165, 1.54) is 0 Å². The summed E-state index contributed by atoms with van der Waals surface area (Å²) in [6, 6.07) is 5.68. The first-order valence-electron chi connectivity index (χ1n) is 11.5. The summed E-state index contributed by atoms with van der Waals surface area (Å²) < 4.78 is 44.4. The van der Waals surface area contributed by atoms with Crippen LogP contribution in [0.15, 0.2) is 24.4 Å². The van der Waals surface area contributed by atoms with Crippen LogP contribution in [0.1, 0.15) is 52.7 Å². The zero-order valence-electron chi connectivity index (χ0n) is 20.7. The van der Waals surface area contributed by atoms with Gasteiger partial charge < -0.3 is 15.0 Å². The lowest BCUT2D eigenvalue weighted by Gasteiger charge is -2.45. The molecule has 0 bridgehead atoms. The van der Waals surface area contributed by atoms with Gasteiger partial charge in [0.2, 0.25) is 5.95 Å². The average molecular weight is 514 g/mol. The van der Waals surface area contributed by atoms with Crippen LogP contribution in [0, 0.1) is 0 Å². The predicted molar refractivity (Wildman–Crippen MR) is 130 cm³/mol. The zero-order chi connectivity index (χ0) is 26.1. The summed E-state index contributed by atoms with van der Waals surface area (Å²) in [5, 5.41) is 2.32. The molecule has 35 heavy (non-hydrogen) atoms. The summed E-state index contributed by atoms with van der Waals surface area (Å²) in [5.41, 5.74) is 0.969. The minimum absolute atomic E-state index is 0.0151. The van der Waals surface area contributed by atoms with E-state index in [1.54, 1.807) is 4.90 Å². The molecule has 2 aromatic rings. The Bertz CT molecular complexity index is 1060. The highest BCUT2D eigenvalue weighted by atomic mass is 35.5. The molecule has 0 unspecified atom stereocenters. The lowest BCUT2D eigenvalue weighted by atomic mass is 10.0. The van der Waals surface area contributed by atoms with Gasteiger partial charge in [0, 0.05) is 30.7 Å². The maximum absolute atomic E-state index is 12.9. The molecule has 1 amide bonds. The van der Waals surface area contributed by atoms with Gasteiger partial charge in [-0.25, -0.2) is 14.8 Å². The van der Waals surface area contributed by atoms with Gasteiger partial charge in [0.25, 0.3) is 0 Å². The molecule has 2 heterocycles. The van der Waals surface area contributed by atoms with Crippen LogP contribution >= 0.6 is 11.6 Å². The second kappa shape index (κ2) is 10.1. The van der Waals surface area contributed by atoms with E-state index in [4.69, 9.17) is 16.3 Å². The van der Waals surface area contributed by atoms with Crippen molar-refractivity contribution in [3.8, 4) is 0 Å². The Balaban J connectivity index is 1.76. The first-order valence-corrected chi connectivity index (χ1v) is 11.8. The van der Waals surface area contributed by atoms with Gasteiger partial charge in [-0.3, -0.25) is 4.90 Å². The number of hydrogen-bond acceptors (Lipinski definition) is 6. The van der Waals surface area contributed by atoms with Gasteiger partial charge in [-0.2, -0.15) is 13.2 Å². The van der Waals surface area contributed by atoms with Crippen LogP contribution in [0.25, 0.3) is 0 Å². The van der Waals surface area contributed by atoms with Gasteiger partial charge in [0.15, 0.2) is 0 Å². The Labute approximate surface area is 208 Å². The van der Waals surface area contributed by atoms with Crippen LogP contribution in [0.2, 0.25) is 5.15 Å². The first kappa shape index (κ1) is 26.8. The van der Waals surface area contributed by atoms with Crippen molar-refractivity contribution in [1.82, 2.24) is 14.9 Å². The monoisotopic (exact) mass is 513 g/mol. The molecule has 0 spiro atoms. The van der Waals surface area contributed by atoms with Crippen LogP contribution in [0.3, 0.4) is 0 Å². The lowest BCUT2D eigenvalue weighted by Crippen LogP contribution is -2.59. The largest absolute Gasteiger partial charge is 0.444 e. The van der Waals surface area contributed by atoms with Gasteiger partial charge in [0.05, 0.1) is 12.1 Å². The van der Waals surface area contributed by atoms with Crippen LogP contribution in [0.5, 0.6) is 0 Å². The van der Waals surface area contributed by atoms with E-state index < -0.39 is 22.5 Å². The fourth-order valence-corrected chi connectivity index (χ4v) is 4.37. The molecule has 0 aliphatic carbocycles. The van der Waals surface area contributed by atoms with Crippen molar-refractivity contribution in [3.05, 3.63) is 40.7 Å². The van der Waals surface area contributed by atoms with Gasteiger partial charge >= 0.3 is 12.3 Å². The minimum atomic E-state index is -4.62. The molecule has 2 atom stereocenters. The first-order chi connectivity index (χ1) is 16.2. The molecule has 1 aliphatic rings. The van der Waals surface area contributed by atoms with Crippen molar-refractivity contribution in [2.75, 3.05) is 23.3 Å². The SMILES string of the molecule is CCc1cc(N2C[C@@H](C)N(C(=O)OC(C)(C)C)[C@@H](C)C2)ccc1Nc1ncc(C(F)(F)F)c(Cl)n1. The molecule has 1 aromatic heterocycles. The van der Waals surface area contributed by atoms with Gasteiger partial charge in [0.1, 0.15) is 16.3 Å². The summed E-state index contributed by atoms with van der Waals surface area (Å²) in [6.07, 6.45) is -3.59. The second-order valence-corrected chi connectivity index (χ2v) is 10.1. The van der Waals surface area contributed by atoms with Crippen molar-refractivity contribution < 1.29 is 22.7 Å². The van der Waals surface area contributed by atoms with Gasteiger partial charge in [-0.05, 0) is 64.8 Å². The topological polar surface area (TPSA) is 70.6 Å². The number of ether oxygens (including phenoxy) is 1. The molecule has 0 saturated carbocycles. The summed E-state index contributed by atoms with van der Waals surface area (Å²) in [7, 11) is 0. The lowest BCUT2D eigenvalue weighted by molar-refractivity contribution is -0.137. The van der Waals surface area contributed by atoms with E-state index in [-0.39, 0.29) is 24.1 Å². The molecule has 0 radical (unpaired) electrons. The molecule has 1 aliphatic heterocycles. The minimum Gasteiger partial charge on any atom is -0.444 e. The third kappa shape index (κ3) is 6.48. The number of carbonyl (C=O) groups excluding carboxylic acids is 1. The Morgan fingerprint density at radius 2 is 1.83 bits per heavy atom. The summed E-state index contributed by atoms with van der Waals surface area (Å²) in [4.78, 5) is 24.2. The smallest absolute Gasteiger partial charge is 0.420 e. The number of anilines is 3. The Morgan fingerprint density at radius 3 is 2.34 bits per heavy atom. The average Bonchev–Trinajstić information content (AvgIpc) is 2.71. The van der Waals surface area contributed by atoms with Crippen LogP contribution in [-0.2, 0) is 17.3 Å². The number of rotatable bonds is 4. The van der Waals surface area contributed by atoms with Crippen LogP contribution < -0.4 is 10.2 Å². The van der Waals surface area contributed by atoms with E-state index in [1.807, 2.05) is 59.7 Å². The number of piperazine rings is 1. The molecular formula is C24H31ClF3N5O2. The van der Waals surface area contributed by atoms with Crippen molar-refractivity contribution in [2.24, 2.45) is 0 Å². The Kier molecular flexibility index (Phi) is 7.74. The van der Waals surface area contributed by atoms with E-state index in [2.05, 4.69) is 20.2 Å². The highest BCUT2D eigenvalue weighted by Crippen LogP contribution is 2.34. The molecular weight excluding hydrogens is 483 g/mol. The Morgan fingerprint density at radius 1 is 1.20 bits per heavy atom. The van der Waals surface area contributed by atoms with Crippen molar-refractivity contribution in [3.63, 3.8) is 0 Å². The van der Waals surface area contributed by atoms with E-state index >= 15 is 0 Å². The number of halogens is 4. The molecule has 1 N–H and O–H groups in total. The molecule has 7 nitrogen and oxygen atoms in total. The van der Waals surface area contributed by atoms with Gasteiger partial charge in [-0.15, -0.1) is 0 Å². The molecule has 11 heteroatoms. The number of amides is 1. The fourth-order valence-electron chi connectivity index (χ4n) is 4.13. The van der Waals surface area contributed by atoms with Crippen molar-refractivity contribution >= 4 is 35.0 Å². The van der Waals surface area contributed by atoms with Crippen molar-refractivity contribution in [1.29, 1.82) is 0 Å². The Hall–Kier alpha value is -2.75. The molecule has 192 valence electrons. The summed E-state index contributed by atoms with van der Waals surface area (Å²) >= 11 is 5.72. The molecule has 1 aromatic carbocycles. The number of hydrogen-bond donors (Lipinski definition) is 1. The number of nitrogens with one attached hydrogen (secondary N) is 1. The molecule has 1 fully saturated rings. The van der Waals surface area contributed by atoms with Crippen molar-refractivity contribution in [2.45, 2.75) is 71.8 Å². The highest BCUT2D eigenvalue weighted by molar-refractivity contribution is 6.30. The number of aryl methyl sites for hydroxylation is 1. The summed E-state index contributed by atoms with van der Waals surface area (Å²) in [6.45, 7) is 12.8. The number of aromatic nitrogens is 2. The molecule has 3 rings (SSSR count). The third-order valence-corrected chi connectivity index (χ3v) is 5.94. The van der Waals surface area contributed by atoms with E-state index in [9.17, 15) is 18.0 Å². The van der Waals surface area contributed by atoms with Gasteiger partial charge in [-0.1, -0.05) is 18.5 Å². The quantitative estimate of drug-likeness (QED) is 0.484. The number of alkyl halides is 3.